The number of ether oxygens (including phenoxy) is 1. The summed E-state index contributed by atoms with van der Waals surface area (Å²) in [5.74, 6) is 1.32. The van der Waals surface area contributed by atoms with Crippen molar-refractivity contribution >= 4 is 17.5 Å². The minimum Gasteiger partial charge on any atom is -0.484 e. The molecule has 0 unspecified atom stereocenters. The molecule has 6 nitrogen and oxygen atoms in total. The maximum atomic E-state index is 12.3. The van der Waals surface area contributed by atoms with Crippen LogP contribution in [0, 0.1) is 5.92 Å². The highest BCUT2D eigenvalue weighted by Gasteiger charge is 2.30. The van der Waals surface area contributed by atoms with Gasteiger partial charge in [0.2, 0.25) is 0 Å². The maximum Gasteiger partial charge on any atom is 0.260 e. The number of benzene rings is 1. The number of nitrogens with zero attached hydrogens (tertiary/aromatic N) is 3. The van der Waals surface area contributed by atoms with Crippen LogP contribution < -0.4 is 4.74 Å². The fourth-order valence-electron chi connectivity index (χ4n) is 3.13. The van der Waals surface area contributed by atoms with Crippen molar-refractivity contribution in [2.75, 3.05) is 19.7 Å². The Kier molecular flexibility index (Phi) is 5.60. The van der Waals surface area contributed by atoms with Crippen LogP contribution in [0.15, 0.2) is 36.7 Å². The van der Waals surface area contributed by atoms with Crippen LogP contribution in [0.2, 0.25) is 5.02 Å². The lowest BCUT2D eigenvalue weighted by atomic mass is 9.90. The number of aliphatic hydroxyl groups is 1. The van der Waals surface area contributed by atoms with Crippen LogP contribution in [-0.4, -0.2) is 45.2 Å². The summed E-state index contributed by atoms with van der Waals surface area (Å²) in [4.78, 5) is 18.3. The number of imidazole rings is 1. The summed E-state index contributed by atoms with van der Waals surface area (Å²) in [6.07, 6.45) is 4.41. The molecule has 1 saturated heterocycles. The van der Waals surface area contributed by atoms with Crippen molar-refractivity contribution in [2.45, 2.75) is 18.9 Å². The van der Waals surface area contributed by atoms with Gasteiger partial charge in [0.25, 0.3) is 5.91 Å². The molecular formula is C18H22ClN3O3. The molecule has 1 atom stereocenters. The van der Waals surface area contributed by atoms with Gasteiger partial charge < -0.3 is 19.3 Å². The van der Waals surface area contributed by atoms with E-state index in [1.165, 1.54) is 0 Å². The van der Waals surface area contributed by atoms with Crippen molar-refractivity contribution in [3.05, 3.63) is 47.5 Å². The first kappa shape index (κ1) is 17.8. The number of rotatable bonds is 5. The van der Waals surface area contributed by atoms with Gasteiger partial charge in [0.15, 0.2) is 6.61 Å². The molecule has 134 valence electrons. The first-order chi connectivity index (χ1) is 12.0. The van der Waals surface area contributed by atoms with E-state index in [-0.39, 0.29) is 18.4 Å². The van der Waals surface area contributed by atoms with E-state index in [1.54, 1.807) is 35.4 Å². The van der Waals surface area contributed by atoms with Gasteiger partial charge in [-0.15, -0.1) is 0 Å². The van der Waals surface area contributed by atoms with E-state index in [0.29, 0.717) is 29.7 Å². The monoisotopic (exact) mass is 363 g/mol. The number of aliphatic hydroxyl groups excluding tert-OH is 1. The Morgan fingerprint density at radius 1 is 1.44 bits per heavy atom. The standard InChI is InChI=1S/C18H22ClN3O3/c1-21-10-7-20-18(21)17(24)13-5-8-22(9-6-13)16(23)12-25-15-4-2-3-14(19)11-15/h2-4,7,10-11,13,17,24H,5-6,8-9,12H2,1H3/t17-/m0/s1. The quantitative estimate of drug-likeness (QED) is 0.885. The third kappa shape index (κ3) is 4.32. The summed E-state index contributed by atoms with van der Waals surface area (Å²) in [5, 5.41) is 11.1. The number of halogens is 1. The molecule has 25 heavy (non-hydrogen) atoms. The topological polar surface area (TPSA) is 67.6 Å². The van der Waals surface area contributed by atoms with E-state index in [2.05, 4.69) is 4.98 Å². The smallest absolute Gasteiger partial charge is 0.260 e. The Hall–Kier alpha value is -2.05. The molecule has 0 spiro atoms. The zero-order valence-electron chi connectivity index (χ0n) is 14.1. The highest BCUT2D eigenvalue weighted by Crippen LogP contribution is 2.29. The molecule has 1 amide bonds. The summed E-state index contributed by atoms with van der Waals surface area (Å²) in [5.41, 5.74) is 0. The van der Waals surface area contributed by atoms with Crippen molar-refractivity contribution in [1.82, 2.24) is 14.5 Å². The number of hydrogen-bond donors (Lipinski definition) is 1. The second-order valence-corrected chi connectivity index (χ2v) is 6.74. The average molecular weight is 364 g/mol. The largest absolute Gasteiger partial charge is 0.484 e. The average Bonchev–Trinajstić information content (AvgIpc) is 3.05. The molecule has 1 aromatic carbocycles. The number of carbonyl (C=O) groups is 1. The molecule has 1 aliphatic rings. The molecule has 0 radical (unpaired) electrons. The van der Waals surface area contributed by atoms with Crippen molar-refractivity contribution in [3.63, 3.8) is 0 Å². The summed E-state index contributed by atoms with van der Waals surface area (Å²) < 4.78 is 7.35. The van der Waals surface area contributed by atoms with Gasteiger partial charge in [0, 0.05) is 37.6 Å². The minimum atomic E-state index is -0.597. The van der Waals surface area contributed by atoms with Gasteiger partial charge in [0.1, 0.15) is 17.7 Å². The number of amides is 1. The second-order valence-electron chi connectivity index (χ2n) is 6.31. The maximum absolute atomic E-state index is 12.3. The van der Waals surface area contributed by atoms with Crippen LogP contribution in [0.25, 0.3) is 0 Å². The van der Waals surface area contributed by atoms with Crippen LogP contribution in [0.4, 0.5) is 0 Å². The van der Waals surface area contributed by atoms with E-state index in [4.69, 9.17) is 16.3 Å². The molecule has 3 rings (SSSR count). The van der Waals surface area contributed by atoms with E-state index in [0.717, 1.165) is 12.8 Å². The minimum absolute atomic E-state index is 0.00702. The van der Waals surface area contributed by atoms with Gasteiger partial charge in [0.05, 0.1) is 0 Å². The third-order valence-corrected chi connectivity index (χ3v) is 4.86. The van der Waals surface area contributed by atoms with Gasteiger partial charge >= 0.3 is 0 Å². The lowest BCUT2D eigenvalue weighted by Crippen LogP contribution is -2.42. The van der Waals surface area contributed by atoms with Crippen LogP contribution in [0.5, 0.6) is 5.75 Å². The van der Waals surface area contributed by atoms with E-state index < -0.39 is 6.10 Å². The summed E-state index contributed by atoms with van der Waals surface area (Å²) in [6.45, 7) is 1.22. The van der Waals surface area contributed by atoms with Gasteiger partial charge in [-0.25, -0.2) is 4.98 Å². The molecule has 0 saturated carbocycles. The normalized spacial score (nSPS) is 16.7. The molecule has 1 aliphatic heterocycles. The molecule has 1 aromatic heterocycles. The van der Waals surface area contributed by atoms with Crippen molar-refractivity contribution < 1.29 is 14.6 Å². The molecular weight excluding hydrogens is 342 g/mol. The summed E-state index contributed by atoms with van der Waals surface area (Å²) >= 11 is 5.90. The van der Waals surface area contributed by atoms with Gasteiger partial charge in [-0.2, -0.15) is 0 Å². The van der Waals surface area contributed by atoms with E-state index in [1.807, 2.05) is 17.8 Å². The van der Waals surface area contributed by atoms with Crippen LogP contribution in [0.1, 0.15) is 24.8 Å². The van der Waals surface area contributed by atoms with Crippen LogP contribution >= 0.6 is 11.6 Å². The third-order valence-electron chi connectivity index (χ3n) is 4.62. The second kappa shape index (κ2) is 7.89. The Balaban J connectivity index is 1.48. The van der Waals surface area contributed by atoms with Crippen molar-refractivity contribution in [1.29, 1.82) is 0 Å². The molecule has 0 bridgehead atoms. The number of piperidine rings is 1. The van der Waals surface area contributed by atoms with Gasteiger partial charge in [-0.1, -0.05) is 17.7 Å². The molecule has 1 N–H and O–H groups in total. The number of likely N-dealkylation sites (tertiary alicyclic amines) is 1. The van der Waals surface area contributed by atoms with Gasteiger partial charge in [-0.3, -0.25) is 4.79 Å². The number of carbonyl (C=O) groups excluding carboxylic acids is 1. The Bertz CT molecular complexity index is 726. The lowest BCUT2D eigenvalue weighted by Gasteiger charge is -2.34. The highest BCUT2D eigenvalue weighted by atomic mass is 35.5. The molecule has 1 fully saturated rings. The van der Waals surface area contributed by atoms with Gasteiger partial charge in [-0.05, 0) is 37.0 Å². The molecule has 2 heterocycles. The zero-order chi connectivity index (χ0) is 17.8. The van der Waals surface area contributed by atoms with E-state index >= 15 is 0 Å². The van der Waals surface area contributed by atoms with Crippen LogP contribution in [-0.2, 0) is 11.8 Å². The zero-order valence-corrected chi connectivity index (χ0v) is 14.9. The first-order valence-electron chi connectivity index (χ1n) is 8.36. The summed E-state index contributed by atoms with van der Waals surface area (Å²) in [7, 11) is 1.87. The molecule has 2 aromatic rings. The first-order valence-corrected chi connectivity index (χ1v) is 8.74. The number of aryl methyl sites for hydroxylation is 1. The Morgan fingerprint density at radius 3 is 2.84 bits per heavy atom. The predicted molar refractivity (Wildman–Crippen MR) is 94.4 cm³/mol. The Morgan fingerprint density at radius 2 is 2.20 bits per heavy atom. The van der Waals surface area contributed by atoms with Crippen molar-refractivity contribution in [2.24, 2.45) is 13.0 Å². The number of aromatic nitrogens is 2. The van der Waals surface area contributed by atoms with Crippen LogP contribution in [0.3, 0.4) is 0 Å². The molecule has 7 heteroatoms. The SMILES string of the molecule is Cn1ccnc1[C@@H](O)C1CCN(C(=O)COc2cccc(Cl)c2)CC1. The molecule has 0 aliphatic carbocycles. The van der Waals surface area contributed by atoms with E-state index in [9.17, 15) is 9.90 Å². The highest BCUT2D eigenvalue weighted by molar-refractivity contribution is 6.30. The summed E-state index contributed by atoms with van der Waals surface area (Å²) in [6, 6.07) is 7.00. The van der Waals surface area contributed by atoms with Crippen molar-refractivity contribution in [3.8, 4) is 5.75 Å². The fraction of sp³-hybridized carbons (Fsp3) is 0.444. The predicted octanol–water partition coefficient (Wildman–Crippen LogP) is 2.42. The Labute approximate surface area is 152 Å². The number of hydrogen-bond acceptors (Lipinski definition) is 4. The fourth-order valence-corrected chi connectivity index (χ4v) is 3.31. The lowest BCUT2D eigenvalue weighted by molar-refractivity contribution is -0.135.